The van der Waals surface area contributed by atoms with Gasteiger partial charge in [0.05, 0.1) is 11.6 Å². The monoisotopic (exact) mass is 315 g/mol. The minimum absolute atomic E-state index is 0.196. The molecule has 1 fully saturated rings. The highest BCUT2D eigenvalue weighted by Crippen LogP contribution is 2.48. The number of aromatic nitrogens is 5. The van der Waals surface area contributed by atoms with E-state index in [1.165, 1.54) is 0 Å². The van der Waals surface area contributed by atoms with E-state index in [2.05, 4.69) is 26.5 Å². The molecular weight excluding hydrogens is 302 g/mol. The van der Waals surface area contributed by atoms with Gasteiger partial charge in [0, 0.05) is 12.1 Å². The highest BCUT2D eigenvalue weighted by molar-refractivity contribution is 6.30. The Morgan fingerprint density at radius 3 is 2.82 bits per heavy atom. The number of hydrogen-bond acceptors (Lipinski definition) is 5. The minimum atomic E-state index is -0.196. The number of benzene rings is 1. The van der Waals surface area contributed by atoms with Crippen molar-refractivity contribution in [2.45, 2.75) is 24.7 Å². The number of halogens is 1. The average molecular weight is 316 g/mol. The first kappa shape index (κ1) is 13.5. The van der Waals surface area contributed by atoms with Crippen LogP contribution in [0.2, 0.25) is 5.02 Å². The zero-order chi connectivity index (χ0) is 15.2. The van der Waals surface area contributed by atoms with Gasteiger partial charge in [0.15, 0.2) is 5.82 Å². The molecule has 1 aromatic carbocycles. The normalized spacial score (nSPS) is 16.5. The van der Waals surface area contributed by atoms with Gasteiger partial charge in [-0.05, 0) is 30.5 Å². The van der Waals surface area contributed by atoms with Gasteiger partial charge in [0.25, 0.3) is 5.89 Å². The van der Waals surface area contributed by atoms with Crippen molar-refractivity contribution in [3.05, 3.63) is 46.9 Å². The topological polar surface area (TPSA) is 69.6 Å². The molecule has 0 spiro atoms. The van der Waals surface area contributed by atoms with Gasteiger partial charge in [-0.15, -0.1) is 5.10 Å². The predicted molar refractivity (Wildman–Crippen MR) is 80.4 cm³/mol. The first-order chi connectivity index (χ1) is 10.7. The molecule has 0 atom stereocenters. The fourth-order valence-corrected chi connectivity index (χ4v) is 3.15. The van der Waals surface area contributed by atoms with Crippen LogP contribution in [0.3, 0.4) is 0 Å². The van der Waals surface area contributed by atoms with Gasteiger partial charge in [-0.25, -0.2) is 4.68 Å². The Morgan fingerprint density at radius 1 is 1.32 bits per heavy atom. The van der Waals surface area contributed by atoms with Gasteiger partial charge in [-0.1, -0.05) is 40.5 Å². The lowest BCUT2D eigenvalue weighted by Crippen LogP contribution is -2.36. The molecule has 2 heterocycles. The lowest BCUT2D eigenvalue weighted by molar-refractivity contribution is 0.273. The molecular formula is C15H14ClN5O. The number of hydrogen-bond donors (Lipinski definition) is 0. The molecule has 4 rings (SSSR count). The maximum atomic E-state index is 6.14. The second-order valence-corrected chi connectivity index (χ2v) is 6.05. The van der Waals surface area contributed by atoms with Crippen molar-refractivity contribution in [1.29, 1.82) is 0 Å². The lowest BCUT2D eigenvalue weighted by atomic mass is 9.64. The van der Waals surface area contributed by atoms with E-state index in [1.54, 1.807) is 17.9 Å². The van der Waals surface area contributed by atoms with E-state index in [-0.39, 0.29) is 5.41 Å². The molecule has 3 aromatic rings. The molecule has 0 amide bonds. The standard InChI is InChI=1S/C15H14ClN5O/c1-21-12(9-17-20-21)13-18-14(19-22-13)15(6-3-7-15)10-4-2-5-11(16)8-10/h2,4-5,8-9H,3,6-7H2,1H3. The minimum Gasteiger partial charge on any atom is -0.332 e. The van der Waals surface area contributed by atoms with E-state index in [9.17, 15) is 0 Å². The van der Waals surface area contributed by atoms with Gasteiger partial charge in [0.1, 0.15) is 5.69 Å². The smallest absolute Gasteiger partial charge is 0.277 e. The molecule has 0 unspecified atom stereocenters. The third kappa shape index (κ3) is 1.94. The quantitative estimate of drug-likeness (QED) is 0.743. The van der Waals surface area contributed by atoms with Crippen LogP contribution in [0.5, 0.6) is 0 Å². The summed E-state index contributed by atoms with van der Waals surface area (Å²) in [6.07, 6.45) is 4.75. The molecule has 6 nitrogen and oxygen atoms in total. The van der Waals surface area contributed by atoms with Crippen LogP contribution in [0, 0.1) is 0 Å². The second kappa shape index (κ2) is 4.91. The Morgan fingerprint density at radius 2 is 2.18 bits per heavy atom. The molecule has 0 bridgehead atoms. The highest BCUT2D eigenvalue weighted by atomic mass is 35.5. The third-order valence-electron chi connectivity index (χ3n) is 4.37. The fraction of sp³-hybridized carbons (Fsp3) is 0.333. The molecule has 2 aromatic heterocycles. The summed E-state index contributed by atoms with van der Waals surface area (Å²) in [5.41, 5.74) is 1.65. The molecule has 0 saturated heterocycles. The molecule has 7 heteroatoms. The van der Waals surface area contributed by atoms with Gasteiger partial charge in [-0.3, -0.25) is 0 Å². The van der Waals surface area contributed by atoms with Crippen LogP contribution < -0.4 is 0 Å². The van der Waals surface area contributed by atoms with Crippen LogP contribution in [0.1, 0.15) is 30.7 Å². The van der Waals surface area contributed by atoms with Crippen LogP contribution in [0.25, 0.3) is 11.6 Å². The van der Waals surface area contributed by atoms with E-state index in [1.807, 2.05) is 18.2 Å². The molecule has 1 saturated carbocycles. The second-order valence-electron chi connectivity index (χ2n) is 5.61. The summed E-state index contributed by atoms with van der Waals surface area (Å²) in [4.78, 5) is 4.59. The summed E-state index contributed by atoms with van der Waals surface area (Å²) in [5.74, 6) is 1.15. The van der Waals surface area contributed by atoms with Crippen LogP contribution in [-0.4, -0.2) is 25.1 Å². The Labute approximate surface area is 132 Å². The van der Waals surface area contributed by atoms with Crippen LogP contribution in [0.4, 0.5) is 0 Å². The highest BCUT2D eigenvalue weighted by Gasteiger charge is 2.44. The van der Waals surface area contributed by atoms with E-state index in [4.69, 9.17) is 16.1 Å². The average Bonchev–Trinajstić information content (AvgIpc) is 3.07. The van der Waals surface area contributed by atoms with E-state index >= 15 is 0 Å². The van der Waals surface area contributed by atoms with Crippen molar-refractivity contribution in [1.82, 2.24) is 25.1 Å². The first-order valence-corrected chi connectivity index (χ1v) is 7.52. The Bertz CT molecular complexity index is 821. The Kier molecular flexibility index (Phi) is 3.00. The predicted octanol–water partition coefficient (Wildman–Crippen LogP) is 2.99. The SMILES string of the molecule is Cn1nncc1-c1nc(C2(c3cccc(Cl)c3)CCC2)no1. The van der Waals surface area contributed by atoms with Crippen molar-refractivity contribution in [2.75, 3.05) is 0 Å². The van der Waals surface area contributed by atoms with Gasteiger partial charge < -0.3 is 4.52 Å². The van der Waals surface area contributed by atoms with Gasteiger partial charge >= 0.3 is 0 Å². The summed E-state index contributed by atoms with van der Waals surface area (Å²) in [6, 6.07) is 7.90. The summed E-state index contributed by atoms with van der Waals surface area (Å²) in [5, 5.41) is 12.7. The van der Waals surface area contributed by atoms with Crippen LogP contribution >= 0.6 is 11.6 Å². The van der Waals surface area contributed by atoms with Crippen molar-refractivity contribution in [3.63, 3.8) is 0 Å². The number of nitrogens with zero attached hydrogens (tertiary/aromatic N) is 5. The fourth-order valence-electron chi connectivity index (χ4n) is 2.96. The van der Waals surface area contributed by atoms with Crippen molar-refractivity contribution < 1.29 is 4.52 Å². The molecule has 112 valence electrons. The first-order valence-electron chi connectivity index (χ1n) is 7.14. The molecule has 0 aliphatic heterocycles. The molecule has 0 N–H and O–H groups in total. The number of rotatable bonds is 3. The molecule has 0 radical (unpaired) electrons. The summed E-state index contributed by atoms with van der Waals surface area (Å²) in [7, 11) is 1.79. The maximum Gasteiger partial charge on any atom is 0.277 e. The molecule has 1 aliphatic rings. The largest absolute Gasteiger partial charge is 0.332 e. The summed E-state index contributed by atoms with van der Waals surface area (Å²) < 4.78 is 7.04. The van der Waals surface area contributed by atoms with E-state index in [0.717, 1.165) is 29.8 Å². The van der Waals surface area contributed by atoms with Gasteiger partial charge in [-0.2, -0.15) is 4.98 Å². The summed E-state index contributed by atoms with van der Waals surface area (Å²) in [6.45, 7) is 0. The van der Waals surface area contributed by atoms with E-state index in [0.29, 0.717) is 17.4 Å². The van der Waals surface area contributed by atoms with Gasteiger partial charge in [0.2, 0.25) is 0 Å². The Balaban J connectivity index is 1.77. The maximum absolute atomic E-state index is 6.14. The van der Waals surface area contributed by atoms with Crippen molar-refractivity contribution in [2.24, 2.45) is 7.05 Å². The third-order valence-corrected chi connectivity index (χ3v) is 4.61. The summed E-state index contributed by atoms with van der Waals surface area (Å²) >= 11 is 6.14. The van der Waals surface area contributed by atoms with Crippen molar-refractivity contribution >= 4 is 11.6 Å². The lowest BCUT2D eigenvalue weighted by Gasteiger charge is -2.39. The zero-order valence-corrected chi connectivity index (χ0v) is 12.8. The van der Waals surface area contributed by atoms with E-state index < -0.39 is 0 Å². The Hall–Kier alpha value is -2.21. The zero-order valence-electron chi connectivity index (χ0n) is 12.0. The molecule has 22 heavy (non-hydrogen) atoms. The van der Waals surface area contributed by atoms with Crippen molar-refractivity contribution in [3.8, 4) is 11.6 Å². The van der Waals surface area contributed by atoms with Crippen LogP contribution in [0.15, 0.2) is 35.0 Å². The number of aryl methyl sites for hydroxylation is 1. The van der Waals surface area contributed by atoms with Crippen LogP contribution in [-0.2, 0) is 12.5 Å². The molecule has 1 aliphatic carbocycles.